The third-order valence-electron chi connectivity index (χ3n) is 4.91. The standard InChI is InChI=1S/C21H22BrF3N5O3P/c1-10-19(11(2)30(29-10)8-17(31)27-18(34)9-33-3)28-20(32)14-7-16(21(23,24)25)26-15-5-4-12(22)6-13(14)15/h4-7,18H,8-9,34H2,1-3H3,(H,27,31)(H,28,32). The van der Waals surface area contributed by atoms with Crippen molar-refractivity contribution in [2.45, 2.75) is 32.4 Å². The normalized spacial score (nSPS) is 12.6. The number of alkyl halides is 3. The van der Waals surface area contributed by atoms with Crippen LogP contribution in [0.1, 0.15) is 27.4 Å². The zero-order valence-corrected chi connectivity index (χ0v) is 21.2. The van der Waals surface area contributed by atoms with Gasteiger partial charge in [-0.2, -0.15) is 18.3 Å². The monoisotopic (exact) mass is 559 g/mol. The Balaban J connectivity index is 1.92. The lowest BCUT2D eigenvalue weighted by Gasteiger charge is -2.14. The fourth-order valence-electron chi connectivity index (χ4n) is 3.35. The number of amides is 2. The van der Waals surface area contributed by atoms with Gasteiger partial charge in [-0.25, -0.2) is 4.98 Å². The number of aromatic nitrogens is 3. The van der Waals surface area contributed by atoms with Crippen molar-refractivity contribution >= 4 is 53.6 Å². The summed E-state index contributed by atoms with van der Waals surface area (Å²) in [7, 11) is 3.96. The summed E-state index contributed by atoms with van der Waals surface area (Å²) in [6.07, 6.45) is -4.72. The van der Waals surface area contributed by atoms with E-state index >= 15 is 0 Å². The fraction of sp³-hybridized carbons (Fsp3) is 0.333. The summed E-state index contributed by atoms with van der Waals surface area (Å²) in [5.41, 5.74) is -0.125. The number of hydrogen-bond donors (Lipinski definition) is 2. The van der Waals surface area contributed by atoms with Crippen LogP contribution in [0.15, 0.2) is 28.7 Å². The number of hydrogen-bond acceptors (Lipinski definition) is 5. The van der Waals surface area contributed by atoms with Crippen LogP contribution in [0.2, 0.25) is 0 Å². The van der Waals surface area contributed by atoms with Crippen molar-refractivity contribution in [3.63, 3.8) is 0 Å². The second kappa shape index (κ2) is 10.4. The van der Waals surface area contributed by atoms with Crippen LogP contribution in [-0.2, 0) is 22.3 Å². The number of carbonyl (C=O) groups is 2. The average molecular weight is 560 g/mol. The molecular formula is C21H22BrF3N5O3P. The minimum Gasteiger partial charge on any atom is -0.382 e. The molecule has 2 amide bonds. The van der Waals surface area contributed by atoms with E-state index in [4.69, 9.17) is 4.74 Å². The molecule has 3 aromatic rings. The molecule has 1 aromatic carbocycles. The van der Waals surface area contributed by atoms with Crippen LogP contribution in [0.5, 0.6) is 0 Å². The van der Waals surface area contributed by atoms with Crippen LogP contribution in [-0.4, -0.2) is 46.1 Å². The lowest BCUT2D eigenvalue weighted by Crippen LogP contribution is -2.36. The molecule has 0 saturated carbocycles. The zero-order valence-electron chi connectivity index (χ0n) is 18.5. The average Bonchev–Trinajstić information content (AvgIpc) is 2.99. The van der Waals surface area contributed by atoms with Crippen LogP contribution >= 0.6 is 25.2 Å². The fourth-order valence-corrected chi connectivity index (χ4v) is 4.09. The molecule has 2 aromatic heterocycles. The smallest absolute Gasteiger partial charge is 0.382 e. The van der Waals surface area contributed by atoms with Crippen molar-refractivity contribution in [1.82, 2.24) is 20.1 Å². The number of halogens is 4. The SMILES string of the molecule is COCC(P)NC(=O)Cn1nc(C)c(NC(=O)c2cc(C(F)(F)F)nc3ccc(Br)cc23)c1C. The predicted molar refractivity (Wildman–Crippen MR) is 128 cm³/mol. The molecule has 0 radical (unpaired) electrons. The number of methoxy groups -OCH3 is 1. The van der Waals surface area contributed by atoms with Gasteiger partial charge < -0.3 is 15.4 Å². The highest BCUT2D eigenvalue weighted by Crippen LogP contribution is 2.32. The van der Waals surface area contributed by atoms with Crippen molar-refractivity contribution < 1.29 is 27.5 Å². The minimum atomic E-state index is -4.72. The summed E-state index contributed by atoms with van der Waals surface area (Å²) >= 11 is 3.27. The molecule has 0 fully saturated rings. The maximum Gasteiger partial charge on any atom is 0.433 e. The second-order valence-electron chi connectivity index (χ2n) is 7.50. The first-order valence-corrected chi connectivity index (χ1v) is 11.4. The third kappa shape index (κ3) is 5.92. The number of rotatable bonds is 7. The van der Waals surface area contributed by atoms with Crippen molar-refractivity contribution in [1.29, 1.82) is 0 Å². The molecule has 0 bridgehead atoms. The van der Waals surface area contributed by atoms with Crippen LogP contribution < -0.4 is 10.6 Å². The topological polar surface area (TPSA) is 98.1 Å². The molecule has 0 spiro atoms. The summed E-state index contributed by atoms with van der Waals surface area (Å²) in [6, 6.07) is 5.21. The Morgan fingerprint density at radius 1 is 1.26 bits per heavy atom. The van der Waals surface area contributed by atoms with Crippen LogP contribution in [0.25, 0.3) is 10.9 Å². The maximum absolute atomic E-state index is 13.4. The predicted octanol–water partition coefficient (Wildman–Crippen LogP) is 4.05. The van der Waals surface area contributed by atoms with Gasteiger partial charge in [-0.05, 0) is 38.1 Å². The van der Waals surface area contributed by atoms with Gasteiger partial charge in [-0.15, -0.1) is 9.24 Å². The molecule has 0 aliphatic carbocycles. The quantitative estimate of drug-likeness (QED) is 0.426. The highest BCUT2D eigenvalue weighted by molar-refractivity contribution is 9.10. The lowest BCUT2D eigenvalue weighted by molar-refractivity contribution is -0.141. The number of pyridine rings is 1. The molecule has 0 aliphatic rings. The Morgan fingerprint density at radius 3 is 2.62 bits per heavy atom. The van der Waals surface area contributed by atoms with Crippen molar-refractivity contribution in [3.05, 3.63) is 51.4 Å². The van der Waals surface area contributed by atoms with E-state index in [1.54, 1.807) is 19.9 Å². The first-order chi connectivity index (χ1) is 15.9. The van der Waals surface area contributed by atoms with Gasteiger partial charge in [0.15, 0.2) is 0 Å². The van der Waals surface area contributed by atoms with E-state index in [1.165, 1.54) is 23.9 Å². The van der Waals surface area contributed by atoms with Crippen molar-refractivity contribution in [2.24, 2.45) is 0 Å². The van der Waals surface area contributed by atoms with E-state index < -0.39 is 17.8 Å². The van der Waals surface area contributed by atoms with E-state index in [9.17, 15) is 22.8 Å². The van der Waals surface area contributed by atoms with Crippen LogP contribution in [0.4, 0.5) is 18.9 Å². The molecule has 2 N–H and O–H groups in total. The molecule has 8 nitrogen and oxygen atoms in total. The Kier molecular flexibility index (Phi) is 7.95. The van der Waals surface area contributed by atoms with E-state index in [0.29, 0.717) is 28.2 Å². The third-order valence-corrected chi connectivity index (χ3v) is 5.76. The largest absolute Gasteiger partial charge is 0.433 e. The van der Waals surface area contributed by atoms with Gasteiger partial charge in [0.05, 0.1) is 40.5 Å². The van der Waals surface area contributed by atoms with Gasteiger partial charge in [0.25, 0.3) is 5.91 Å². The molecule has 0 saturated heterocycles. The molecule has 13 heteroatoms. The van der Waals surface area contributed by atoms with Crippen LogP contribution in [0, 0.1) is 13.8 Å². The Morgan fingerprint density at radius 2 is 1.97 bits per heavy atom. The second-order valence-corrected chi connectivity index (χ2v) is 9.22. The molecule has 3 rings (SSSR count). The Hall–Kier alpha value is -2.56. The number of nitrogens with zero attached hydrogens (tertiary/aromatic N) is 3. The van der Waals surface area contributed by atoms with Crippen molar-refractivity contribution in [2.75, 3.05) is 19.0 Å². The maximum atomic E-state index is 13.4. The zero-order chi connectivity index (χ0) is 25.2. The van der Waals surface area contributed by atoms with E-state index in [0.717, 1.165) is 6.07 Å². The minimum absolute atomic E-state index is 0.0343. The number of ether oxygens (including phenoxy) is 1. The summed E-state index contributed by atoms with van der Waals surface area (Å²) < 4.78 is 47.1. The van der Waals surface area contributed by atoms with E-state index in [2.05, 4.69) is 45.9 Å². The van der Waals surface area contributed by atoms with Gasteiger partial charge in [0, 0.05) is 17.0 Å². The molecule has 34 heavy (non-hydrogen) atoms. The molecular weight excluding hydrogens is 538 g/mol. The Labute approximate surface area is 204 Å². The number of carbonyl (C=O) groups excluding carboxylic acids is 2. The molecule has 2 heterocycles. The Bertz CT molecular complexity index is 1250. The number of anilines is 1. The van der Waals surface area contributed by atoms with Gasteiger partial charge in [0.1, 0.15) is 12.2 Å². The summed E-state index contributed by atoms with van der Waals surface area (Å²) in [4.78, 5) is 29.0. The van der Waals surface area contributed by atoms with E-state index in [1.807, 2.05) is 0 Å². The molecule has 0 aliphatic heterocycles. The summed E-state index contributed by atoms with van der Waals surface area (Å²) in [6.45, 7) is 3.48. The first-order valence-electron chi connectivity index (χ1n) is 9.97. The summed E-state index contributed by atoms with van der Waals surface area (Å²) in [5.74, 6) is -1.35. The number of benzene rings is 1. The number of fused-ring (bicyclic) bond motifs is 1. The molecule has 182 valence electrons. The van der Waals surface area contributed by atoms with Gasteiger partial charge in [-0.1, -0.05) is 15.9 Å². The van der Waals surface area contributed by atoms with Crippen molar-refractivity contribution in [3.8, 4) is 0 Å². The van der Waals surface area contributed by atoms with Gasteiger partial charge in [-0.3, -0.25) is 14.3 Å². The first kappa shape index (κ1) is 26.1. The number of nitrogens with one attached hydrogen (secondary N) is 2. The lowest BCUT2D eigenvalue weighted by atomic mass is 10.1. The highest BCUT2D eigenvalue weighted by Gasteiger charge is 2.34. The van der Waals surface area contributed by atoms with Crippen LogP contribution in [0.3, 0.4) is 0 Å². The summed E-state index contributed by atoms with van der Waals surface area (Å²) in [5, 5.41) is 9.92. The van der Waals surface area contributed by atoms with Gasteiger partial charge in [0.2, 0.25) is 5.91 Å². The molecule has 2 unspecified atom stereocenters. The molecule has 2 atom stereocenters. The number of aryl methyl sites for hydroxylation is 1. The highest BCUT2D eigenvalue weighted by atomic mass is 79.9. The van der Waals surface area contributed by atoms with Gasteiger partial charge >= 0.3 is 6.18 Å². The van der Waals surface area contributed by atoms with E-state index in [-0.39, 0.29) is 34.7 Å².